The number of carbonyl (C=O) groups is 2. The van der Waals surface area contributed by atoms with E-state index in [1.165, 1.54) is 7.11 Å². The Kier molecular flexibility index (Phi) is 10.8. The molecule has 0 bridgehead atoms. The first-order valence-electron chi connectivity index (χ1n) is 14.7. The van der Waals surface area contributed by atoms with Crippen molar-refractivity contribution in [2.24, 2.45) is 0 Å². The van der Waals surface area contributed by atoms with Crippen molar-refractivity contribution in [2.75, 3.05) is 7.11 Å². The molecule has 0 aliphatic heterocycles. The summed E-state index contributed by atoms with van der Waals surface area (Å²) in [4.78, 5) is 25.5. The molecule has 7 nitrogen and oxygen atoms in total. The van der Waals surface area contributed by atoms with Gasteiger partial charge in [0.05, 0.1) is 7.11 Å². The Balaban J connectivity index is 1.10. The number of hydrogen-bond acceptors (Lipinski definition) is 6. The smallest absolute Gasteiger partial charge is 0.328 e. The summed E-state index contributed by atoms with van der Waals surface area (Å²) in [6.45, 7) is 1.34. The molecule has 5 rings (SSSR count). The third-order valence-corrected chi connectivity index (χ3v) is 7.10. The summed E-state index contributed by atoms with van der Waals surface area (Å²) >= 11 is 0. The Hall–Kier alpha value is -5.56. The lowest BCUT2D eigenvalue weighted by Crippen LogP contribution is -2.43. The number of carbonyl (C=O) groups excluding carboxylic acids is 2. The number of ether oxygens (including phenoxy) is 4. The fourth-order valence-corrected chi connectivity index (χ4v) is 4.57. The van der Waals surface area contributed by atoms with E-state index in [0.29, 0.717) is 36.9 Å². The van der Waals surface area contributed by atoms with Crippen molar-refractivity contribution < 1.29 is 28.5 Å². The van der Waals surface area contributed by atoms with Gasteiger partial charge in [0.2, 0.25) is 0 Å². The van der Waals surface area contributed by atoms with Gasteiger partial charge in [-0.15, -0.1) is 0 Å². The molecule has 0 aromatic heterocycles. The monoisotopic (exact) mass is 601 g/mol. The van der Waals surface area contributed by atoms with Crippen molar-refractivity contribution >= 4 is 11.9 Å². The standard InChI is InChI=1S/C38H35NO6/c1-42-38(41)36(24-28-12-18-33(19-13-28)43-25-29-8-4-2-5-9-29)39-37(40)32-16-22-35(23-17-32)45-27-31-14-20-34(21-15-31)44-26-30-10-6-3-7-11-30/h2-23,36H,24-27H2,1H3,(H,39,40)/t36-/m0/s1. The van der Waals surface area contributed by atoms with Gasteiger partial charge in [-0.3, -0.25) is 4.79 Å². The van der Waals surface area contributed by atoms with Crippen molar-refractivity contribution in [1.82, 2.24) is 5.32 Å². The van der Waals surface area contributed by atoms with Crippen LogP contribution in [0.15, 0.2) is 133 Å². The second kappa shape index (κ2) is 15.8. The van der Waals surface area contributed by atoms with Gasteiger partial charge in [0.1, 0.15) is 43.1 Å². The molecule has 0 aliphatic carbocycles. The van der Waals surface area contributed by atoms with Gasteiger partial charge >= 0.3 is 5.97 Å². The van der Waals surface area contributed by atoms with E-state index in [9.17, 15) is 9.59 Å². The number of esters is 1. The number of methoxy groups -OCH3 is 1. The third-order valence-electron chi connectivity index (χ3n) is 7.10. The first-order valence-corrected chi connectivity index (χ1v) is 14.7. The fraction of sp³-hybridized carbons (Fsp3) is 0.158. The van der Waals surface area contributed by atoms with E-state index < -0.39 is 12.0 Å². The summed E-state index contributed by atoms with van der Waals surface area (Å²) in [5, 5.41) is 2.80. The molecular formula is C38H35NO6. The molecule has 0 radical (unpaired) electrons. The Morgan fingerprint density at radius 2 is 0.933 bits per heavy atom. The molecule has 0 saturated heterocycles. The average molecular weight is 602 g/mol. The van der Waals surface area contributed by atoms with Gasteiger partial charge in [-0.2, -0.15) is 0 Å². The quantitative estimate of drug-likeness (QED) is 0.139. The summed E-state index contributed by atoms with van der Waals surface area (Å²) in [5.74, 6) is 1.21. The molecule has 0 aliphatic rings. The molecule has 0 heterocycles. The second-order valence-corrected chi connectivity index (χ2v) is 10.4. The van der Waals surface area contributed by atoms with Crippen LogP contribution in [0.4, 0.5) is 0 Å². The van der Waals surface area contributed by atoms with Crippen LogP contribution in [0.25, 0.3) is 0 Å². The van der Waals surface area contributed by atoms with Gasteiger partial charge in [0.25, 0.3) is 5.91 Å². The molecule has 0 saturated carbocycles. The van der Waals surface area contributed by atoms with Gasteiger partial charge in [0, 0.05) is 12.0 Å². The van der Waals surface area contributed by atoms with Crippen LogP contribution in [0.3, 0.4) is 0 Å². The van der Waals surface area contributed by atoms with E-state index in [2.05, 4.69) is 5.32 Å². The Morgan fingerprint density at radius 1 is 0.533 bits per heavy atom. The highest BCUT2D eigenvalue weighted by Crippen LogP contribution is 2.19. The molecule has 45 heavy (non-hydrogen) atoms. The Morgan fingerprint density at radius 3 is 1.38 bits per heavy atom. The van der Waals surface area contributed by atoms with Gasteiger partial charge in [-0.1, -0.05) is 84.9 Å². The van der Waals surface area contributed by atoms with E-state index in [4.69, 9.17) is 18.9 Å². The maximum absolute atomic E-state index is 13.0. The zero-order valence-electron chi connectivity index (χ0n) is 25.1. The summed E-state index contributed by atoms with van der Waals surface area (Å²) in [6.07, 6.45) is 0.272. The van der Waals surface area contributed by atoms with Crippen LogP contribution >= 0.6 is 0 Å². The lowest BCUT2D eigenvalue weighted by atomic mass is 10.0. The zero-order chi connectivity index (χ0) is 31.3. The topological polar surface area (TPSA) is 83.1 Å². The van der Waals surface area contributed by atoms with Crippen LogP contribution in [0.2, 0.25) is 0 Å². The number of benzene rings is 5. The highest BCUT2D eigenvalue weighted by Gasteiger charge is 2.23. The van der Waals surface area contributed by atoms with Gasteiger partial charge in [-0.05, 0) is 70.8 Å². The number of amides is 1. The van der Waals surface area contributed by atoms with E-state index >= 15 is 0 Å². The molecule has 0 unspecified atom stereocenters. The Bertz CT molecular complexity index is 1640. The SMILES string of the molecule is COC(=O)[C@H](Cc1ccc(OCc2ccccc2)cc1)NC(=O)c1ccc(OCc2ccc(OCc3ccccc3)cc2)cc1. The predicted octanol–water partition coefficient (Wildman–Crippen LogP) is 6.94. The molecule has 1 atom stereocenters. The van der Waals surface area contributed by atoms with Crippen LogP contribution in [0.1, 0.15) is 32.6 Å². The molecule has 1 amide bonds. The summed E-state index contributed by atoms with van der Waals surface area (Å²) in [7, 11) is 1.31. The molecule has 7 heteroatoms. The summed E-state index contributed by atoms with van der Waals surface area (Å²) in [5.41, 5.74) is 4.43. The highest BCUT2D eigenvalue weighted by atomic mass is 16.5. The molecule has 0 fully saturated rings. The number of rotatable bonds is 14. The Labute approximate surface area is 263 Å². The van der Waals surface area contributed by atoms with Crippen LogP contribution in [-0.2, 0) is 35.8 Å². The molecule has 5 aromatic carbocycles. The first kappa shape index (κ1) is 30.9. The maximum atomic E-state index is 13.0. The van der Waals surface area contributed by atoms with E-state index in [1.54, 1.807) is 24.3 Å². The van der Waals surface area contributed by atoms with Crippen molar-refractivity contribution in [3.05, 3.63) is 161 Å². The van der Waals surface area contributed by atoms with Crippen molar-refractivity contribution in [3.8, 4) is 17.2 Å². The van der Waals surface area contributed by atoms with Crippen LogP contribution in [0.5, 0.6) is 17.2 Å². The largest absolute Gasteiger partial charge is 0.489 e. The van der Waals surface area contributed by atoms with Crippen LogP contribution < -0.4 is 19.5 Å². The second-order valence-electron chi connectivity index (χ2n) is 10.4. The van der Waals surface area contributed by atoms with E-state index in [0.717, 1.165) is 28.0 Å². The normalized spacial score (nSPS) is 11.2. The van der Waals surface area contributed by atoms with Crippen LogP contribution in [-0.4, -0.2) is 25.0 Å². The van der Waals surface area contributed by atoms with Gasteiger partial charge in [-0.25, -0.2) is 4.79 Å². The van der Waals surface area contributed by atoms with Crippen LogP contribution in [0, 0.1) is 0 Å². The molecular weight excluding hydrogens is 566 g/mol. The van der Waals surface area contributed by atoms with Gasteiger partial charge in [0.15, 0.2) is 0 Å². The first-order chi connectivity index (χ1) is 22.1. The molecule has 1 N–H and O–H groups in total. The molecule has 228 valence electrons. The predicted molar refractivity (Wildman–Crippen MR) is 172 cm³/mol. The fourth-order valence-electron chi connectivity index (χ4n) is 4.57. The minimum Gasteiger partial charge on any atom is -0.489 e. The van der Waals surface area contributed by atoms with Crippen molar-refractivity contribution in [3.63, 3.8) is 0 Å². The van der Waals surface area contributed by atoms with Gasteiger partial charge < -0.3 is 24.3 Å². The highest BCUT2D eigenvalue weighted by molar-refractivity contribution is 5.97. The lowest BCUT2D eigenvalue weighted by molar-refractivity contribution is -0.142. The zero-order valence-corrected chi connectivity index (χ0v) is 25.1. The minimum atomic E-state index is -0.853. The minimum absolute atomic E-state index is 0.272. The number of nitrogens with one attached hydrogen (secondary N) is 1. The van der Waals surface area contributed by atoms with Crippen molar-refractivity contribution in [2.45, 2.75) is 32.3 Å². The summed E-state index contributed by atoms with van der Waals surface area (Å²) < 4.78 is 22.6. The average Bonchev–Trinajstić information content (AvgIpc) is 3.10. The summed E-state index contributed by atoms with van der Waals surface area (Å²) in [6, 6.07) is 41.1. The third kappa shape index (κ3) is 9.46. The maximum Gasteiger partial charge on any atom is 0.328 e. The molecule has 5 aromatic rings. The lowest BCUT2D eigenvalue weighted by Gasteiger charge is -2.17. The van der Waals surface area contributed by atoms with E-state index in [1.807, 2.05) is 109 Å². The number of hydrogen-bond donors (Lipinski definition) is 1. The van der Waals surface area contributed by atoms with Crippen molar-refractivity contribution in [1.29, 1.82) is 0 Å². The molecule has 0 spiro atoms. The van der Waals surface area contributed by atoms with E-state index in [-0.39, 0.29) is 12.3 Å².